The first kappa shape index (κ1) is 10.9. The number of benzene rings is 1. The molecule has 0 unspecified atom stereocenters. The summed E-state index contributed by atoms with van der Waals surface area (Å²) in [5.74, 6) is 0.0708. The zero-order chi connectivity index (χ0) is 12.3. The van der Waals surface area contributed by atoms with E-state index >= 15 is 0 Å². The van der Waals surface area contributed by atoms with Gasteiger partial charge in [-0.15, -0.1) is 5.10 Å². The zero-order valence-corrected chi connectivity index (χ0v) is 8.86. The van der Waals surface area contributed by atoms with E-state index in [0.29, 0.717) is 12.2 Å². The Morgan fingerprint density at radius 2 is 1.94 bits per heavy atom. The number of nitrogens with zero attached hydrogens (tertiary/aromatic N) is 1. The molecule has 0 spiro atoms. The summed E-state index contributed by atoms with van der Waals surface area (Å²) in [7, 11) is 0. The van der Waals surface area contributed by atoms with E-state index in [1.807, 2.05) is 12.1 Å². The number of anilines is 2. The summed E-state index contributed by atoms with van der Waals surface area (Å²) in [6.07, 6.45) is 0. The van der Waals surface area contributed by atoms with Crippen LogP contribution in [0.3, 0.4) is 0 Å². The van der Waals surface area contributed by atoms with Gasteiger partial charge in [-0.25, -0.2) is 9.89 Å². The van der Waals surface area contributed by atoms with E-state index in [4.69, 9.17) is 5.73 Å². The summed E-state index contributed by atoms with van der Waals surface area (Å²) >= 11 is 0. The molecule has 7 nitrogen and oxygen atoms in total. The molecule has 2 aromatic rings. The minimum absolute atomic E-state index is 0.0708. The normalized spacial score (nSPS) is 10.1. The van der Waals surface area contributed by atoms with E-state index in [0.717, 1.165) is 5.56 Å². The van der Waals surface area contributed by atoms with Gasteiger partial charge in [0.15, 0.2) is 0 Å². The third-order valence-corrected chi connectivity index (χ3v) is 2.15. The van der Waals surface area contributed by atoms with E-state index < -0.39 is 11.2 Å². The first-order chi connectivity index (χ1) is 8.15. The Kier molecular flexibility index (Phi) is 2.91. The van der Waals surface area contributed by atoms with Crippen LogP contribution in [0.25, 0.3) is 0 Å². The molecule has 0 amide bonds. The summed E-state index contributed by atoms with van der Waals surface area (Å²) < 4.78 is 0. The summed E-state index contributed by atoms with van der Waals surface area (Å²) in [6.45, 7) is 0.419. The van der Waals surface area contributed by atoms with Crippen molar-refractivity contribution in [1.82, 2.24) is 15.2 Å². The molecular formula is C10H11N5O2. The van der Waals surface area contributed by atoms with Crippen LogP contribution < -0.4 is 22.3 Å². The molecule has 0 atom stereocenters. The molecule has 2 rings (SSSR count). The molecule has 7 heteroatoms. The molecule has 0 aliphatic rings. The van der Waals surface area contributed by atoms with E-state index in [1.165, 1.54) is 0 Å². The Labute approximate surface area is 95.7 Å². The quantitative estimate of drug-likeness (QED) is 0.541. The summed E-state index contributed by atoms with van der Waals surface area (Å²) in [4.78, 5) is 24.1. The lowest BCUT2D eigenvalue weighted by Crippen LogP contribution is -2.26. The van der Waals surface area contributed by atoms with Crippen molar-refractivity contribution >= 4 is 11.5 Å². The fourth-order valence-electron chi connectivity index (χ4n) is 1.29. The molecule has 1 heterocycles. The molecule has 88 valence electrons. The number of aromatic nitrogens is 3. The molecular weight excluding hydrogens is 222 g/mol. The fraction of sp³-hybridized carbons (Fsp3) is 0.100. The maximum atomic E-state index is 11.3. The second kappa shape index (κ2) is 4.52. The van der Waals surface area contributed by atoms with Gasteiger partial charge in [0.05, 0.1) is 0 Å². The fourth-order valence-corrected chi connectivity index (χ4v) is 1.29. The van der Waals surface area contributed by atoms with Crippen molar-refractivity contribution in [3.63, 3.8) is 0 Å². The topological polar surface area (TPSA) is 117 Å². The van der Waals surface area contributed by atoms with Crippen LogP contribution in [0.2, 0.25) is 0 Å². The smallest absolute Gasteiger partial charge is 0.342 e. The minimum atomic E-state index is -0.631. The number of nitrogens with two attached hydrogens (primary N) is 1. The van der Waals surface area contributed by atoms with Crippen molar-refractivity contribution in [3.8, 4) is 0 Å². The van der Waals surface area contributed by atoms with Gasteiger partial charge < -0.3 is 11.1 Å². The van der Waals surface area contributed by atoms with Crippen LogP contribution in [0.5, 0.6) is 0 Å². The van der Waals surface area contributed by atoms with Crippen molar-refractivity contribution in [2.75, 3.05) is 11.1 Å². The van der Waals surface area contributed by atoms with Gasteiger partial charge in [-0.3, -0.25) is 9.78 Å². The number of H-pyrrole nitrogens is 2. The molecule has 0 fully saturated rings. The van der Waals surface area contributed by atoms with Gasteiger partial charge in [0, 0.05) is 12.2 Å². The molecule has 1 aromatic carbocycles. The molecule has 5 N–H and O–H groups in total. The first-order valence-corrected chi connectivity index (χ1v) is 4.92. The van der Waals surface area contributed by atoms with Gasteiger partial charge in [-0.2, -0.15) is 0 Å². The number of nitrogens with one attached hydrogen (secondary N) is 3. The Morgan fingerprint density at radius 1 is 1.24 bits per heavy atom. The molecule has 0 radical (unpaired) electrons. The van der Waals surface area contributed by atoms with Crippen LogP contribution in [0.4, 0.5) is 11.5 Å². The number of nitrogen functional groups attached to an aromatic ring is 1. The van der Waals surface area contributed by atoms with Gasteiger partial charge >= 0.3 is 5.69 Å². The Bertz CT molecular complexity index is 614. The second-order valence-corrected chi connectivity index (χ2v) is 3.45. The predicted octanol–water partition coefficient (Wildman–Crippen LogP) is -0.348. The van der Waals surface area contributed by atoms with E-state index in [-0.39, 0.29) is 5.82 Å². The molecule has 1 aromatic heterocycles. The molecule has 0 aliphatic heterocycles. The van der Waals surface area contributed by atoms with Crippen molar-refractivity contribution in [2.24, 2.45) is 0 Å². The highest BCUT2D eigenvalue weighted by atomic mass is 16.2. The largest absolute Gasteiger partial charge is 0.399 e. The van der Waals surface area contributed by atoms with E-state index in [1.54, 1.807) is 12.1 Å². The number of aromatic amines is 2. The zero-order valence-electron chi connectivity index (χ0n) is 8.86. The average molecular weight is 233 g/mol. The lowest BCUT2D eigenvalue weighted by Gasteiger charge is -2.04. The van der Waals surface area contributed by atoms with Crippen molar-refractivity contribution in [2.45, 2.75) is 6.54 Å². The number of rotatable bonds is 3. The Balaban J connectivity index is 2.10. The maximum Gasteiger partial charge on any atom is 0.342 e. The highest BCUT2D eigenvalue weighted by Gasteiger charge is 2.01. The van der Waals surface area contributed by atoms with Crippen molar-refractivity contribution < 1.29 is 0 Å². The summed E-state index contributed by atoms with van der Waals surface area (Å²) in [6, 6.07) is 7.20. The van der Waals surface area contributed by atoms with Crippen LogP contribution in [-0.2, 0) is 6.54 Å². The van der Waals surface area contributed by atoms with Gasteiger partial charge in [-0.1, -0.05) is 12.1 Å². The minimum Gasteiger partial charge on any atom is -0.399 e. The maximum absolute atomic E-state index is 11.3. The second-order valence-electron chi connectivity index (χ2n) is 3.45. The number of hydrogen-bond donors (Lipinski definition) is 4. The van der Waals surface area contributed by atoms with Crippen molar-refractivity contribution in [1.29, 1.82) is 0 Å². The van der Waals surface area contributed by atoms with Crippen LogP contribution in [0.15, 0.2) is 33.9 Å². The van der Waals surface area contributed by atoms with Crippen LogP contribution in [-0.4, -0.2) is 15.2 Å². The SMILES string of the molecule is Nc1ccc(CNc2n[nH]c(=O)[nH]c2=O)cc1. The monoisotopic (exact) mass is 233 g/mol. The van der Waals surface area contributed by atoms with Gasteiger partial charge in [0.2, 0.25) is 5.82 Å². The van der Waals surface area contributed by atoms with E-state index in [9.17, 15) is 9.59 Å². The van der Waals surface area contributed by atoms with Gasteiger partial charge in [0.25, 0.3) is 5.56 Å². The molecule has 17 heavy (non-hydrogen) atoms. The predicted molar refractivity (Wildman–Crippen MR) is 63.7 cm³/mol. The molecule has 0 aliphatic carbocycles. The number of hydrogen-bond acceptors (Lipinski definition) is 5. The van der Waals surface area contributed by atoms with Gasteiger partial charge in [0.1, 0.15) is 0 Å². The van der Waals surface area contributed by atoms with Crippen LogP contribution in [0.1, 0.15) is 5.56 Å². The van der Waals surface area contributed by atoms with Crippen molar-refractivity contribution in [3.05, 3.63) is 50.7 Å². The molecule has 0 saturated heterocycles. The first-order valence-electron chi connectivity index (χ1n) is 4.92. The molecule has 0 bridgehead atoms. The molecule has 0 saturated carbocycles. The Morgan fingerprint density at radius 3 is 2.59 bits per heavy atom. The van der Waals surface area contributed by atoms with Gasteiger partial charge in [-0.05, 0) is 17.7 Å². The summed E-state index contributed by atoms with van der Waals surface area (Å²) in [5.41, 5.74) is 5.99. The third kappa shape index (κ3) is 2.71. The lowest BCUT2D eigenvalue weighted by molar-refractivity contribution is 0.883. The van der Waals surface area contributed by atoms with Crippen LogP contribution in [0, 0.1) is 0 Å². The van der Waals surface area contributed by atoms with E-state index in [2.05, 4.69) is 20.5 Å². The Hall–Kier alpha value is -2.57. The average Bonchev–Trinajstić information content (AvgIpc) is 2.30. The third-order valence-electron chi connectivity index (χ3n) is 2.15. The standard InChI is InChI=1S/C10H11N5O2/c11-7-3-1-6(2-4-7)5-12-8-9(16)13-10(17)15-14-8/h1-4H,5,11H2,(H,12,14)(H2,13,15,16,17). The highest BCUT2D eigenvalue weighted by Crippen LogP contribution is 2.06. The summed E-state index contributed by atoms with van der Waals surface area (Å²) in [5, 5.41) is 8.55. The lowest BCUT2D eigenvalue weighted by atomic mass is 10.2. The van der Waals surface area contributed by atoms with Crippen LogP contribution >= 0.6 is 0 Å². The highest BCUT2D eigenvalue weighted by molar-refractivity contribution is 5.40.